The van der Waals surface area contributed by atoms with E-state index in [4.69, 9.17) is 37.4 Å². The first-order valence-electron chi connectivity index (χ1n) is 11.9. The predicted molar refractivity (Wildman–Crippen MR) is 150 cm³/mol. The standard InChI is InChI=1S/C28H25Cl2N5O4/c1-16-25(27(36)34-22-13-23(37-2)21(30)12-24(22)38-3)26(35-28(33-16)31-15-32-35)18-5-4-6-20(11-18)39-14-17-7-9-19(29)10-8-17/h4-13,15,26H,14H2,1-3H3,(H,34,36)(H,31,32,33)/t26-/m0/s1. The summed E-state index contributed by atoms with van der Waals surface area (Å²) in [7, 11) is 3.00. The lowest BCUT2D eigenvalue weighted by atomic mass is 9.94. The molecule has 2 N–H and O–H groups in total. The Balaban J connectivity index is 1.47. The third-order valence-electron chi connectivity index (χ3n) is 6.25. The highest BCUT2D eigenvalue weighted by Crippen LogP contribution is 2.39. The molecular formula is C28H25Cl2N5O4. The van der Waals surface area contributed by atoms with Crippen molar-refractivity contribution < 1.29 is 19.0 Å². The van der Waals surface area contributed by atoms with Crippen molar-refractivity contribution in [1.82, 2.24) is 14.8 Å². The third-order valence-corrected chi connectivity index (χ3v) is 6.80. The summed E-state index contributed by atoms with van der Waals surface area (Å²) in [4.78, 5) is 18.1. The molecule has 0 saturated carbocycles. The zero-order chi connectivity index (χ0) is 27.5. The number of anilines is 2. The fraction of sp³-hybridized carbons (Fsp3) is 0.179. The second-order valence-electron chi connectivity index (χ2n) is 8.72. The van der Waals surface area contributed by atoms with Gasteiger partial charge < -0.3 is 24.8 Å². The van der Waals surface area contributed by atoms with E-state index in [9.17, 15) is 4.79 Å². The van der Waals surface area contributed by atoms with E-state index in [1.807, 2.05) is 55.5 Å². The molecule has 4 aromatic rings. The van der Waals surface area contributed by atoms with Crippen molar-refractivity contribution >= 4 is 40.7 Å². The van der Waals surface area contributed by atoms with E-state index in [0.717, 1.165) is 11.1 Å². The van der Waals surface area contributed by atoms with Crippen LogP contribution < -0.4 is 24.8 Å². The van der Waals surface area contributed by atoms with Gasteiger partial charge in [0.15, 0.2) is 0 Å². The summed E-state index contributed by atoms with van der Waals surface area (Å²) in [6, 6.07) is 17.6. The van der Waals surface area contributed by atoms with E-state index < -0.39 is 6.04 Å². The molecule has 1 aliphatic heterocycles. The van der Waals surface area contributed by atoms with Crippen molar-refractivity contribution in [3.63, 3.8) is 0 Å². The Labute approximate surface area is 235 Å². The molecule has 1 amide bonds. The summed E-state index contributed by atoms with van der Waals surface area (Å²) in [6.45, 7) is 2.18. The fourth-order valence-electron chi connectivity index (χ4n) is 4.36. The van der Waals surface area contributed by atoms with Gasteiger partial charge in [-0.3, -0.25) is 4.79 Å². The van der Waals surface area contributed by atoms with Crippen molar-refractivity contribution in [2.75, 3.05) is 24.9 Å². The van der Waals surface area contributed by atoms with Crippen LogP contribution in [0.1, 0.15) is 24.1 Å². The maximum absolute atomic E-state index is 13.8. The number of benzene rings is 3. The second-order valence-corrected chi connectivity index (χ2v) is 9.57. The van der Waals surface area contributed by atoms with Gasteiger partial charge >= 0.3 is 0 Å². The van der Waals surface area contributed by atoms with Crippen molar-refractivity contribution in [1.29, 1.82) is 0 Å². The molecule has 1 aromatic heterocycles. The van der Waals surface area contributed by atoms with Crippen molar-refractivity contribution in [2.45, 2.75) is 19.6 Å². The molecule has 5 rings (SSSR count). The highest BCUT2D eigenvalue weighted by molar-refractivity contribution is 6.32. The van der Waals surface area contributed by atoms with E-state index in [2.05, 4.69) is 20.7 Å². The first-order chi connectivity index (χ1) is 18.9. The number of carbonyl (C=O) groups excluding carboxylic acids is 1. The summed E-state index contributed by atoms with van der Waals surface area (Å²) in [5, 5.41) is 11.6. The van der Waals surface area contributed by atoms with Gasteiger partial charge in [-0.25, -0.2) is 4.68 Å². The quantitative estimate of drug-likeness (QED) is 0.266. The highest BCUT2D eigenvalue weighted by Gasteiger charge is 2.34. The average Bonchev–Trinajstić information content (AvgIpc) is 3.40. The van der Waals surface area contributed by atoms with Gasteiger partial charge in [0, 0.05) is 22.9 Å². The van der Waals surface area contributed by atoms with Gasteiger partial charge in [0.05, 0.1) is 30.5 Å². The molecule has 0 saturated heterocycles. The maximum Gasteiger partial charge on any atom is 0.255 e. The van der Waals surface area contributed by atoms with E-state index in [-0.39, 0.29) is 5.91 Å². The van der Waals surface area contributed by atoms with Crippen LogP contribution in [0.3, 0.4) is 0 Å². The molecule has 11 heteroatoms. The lowest BCUT2D eigenvalue weighted by molar-refractivity contribution is -0.113. The SMILES string of the molecule is COc1cc(NC(=O)C2=C(C)Nc3ncnn3[C@H]2c2cccc(OCc3ccc(Cl)cc3)c2)c(OC)cc1Cl. The molecule has 9 nitrogen and oxygen atoms in total. The summed E-state index contributed by atoms with van der Waals surface area (Å²) < 4.78 is 18.5. The highest BCUT2D eigenvalue weighted by atomic mass is 35.5. The molecule has 0 fully saturated rings. The lowest BCUT2D eigenvalue weighted by Crippen LogP contribution is -2.31. The number of hydrogen-bond acceptors (Lipinski definition) is 7. The first-order valence-corrected chi connectivity index (χ1v) is 12.7. The smallest absolute Gasteiger partial charge is 0.255 e. The van der Waals surface area contributed by atoms with Crippen LogP contribution in [0.4, 0.5) is 11.6 Å². The lowest BCUT2D eigenvalue weighted by Gasteiger charge is -2.29. The Morgan fingerprint density at radius 2 is 1.82 bits per heavy atom. The molecule has 0 unspecified atom stereocenters. The Hall–Kier alpha value is -4.21. The average molecular weight is 566 g/mol. The number of ether oxygens (including phenoxy) is 3. The van der Waals surface area contributed by atoms with Gasteiger partial charge in [-0.2, -0.15) is 10.1 Å². The summed E-state index contributed by atoms with van der Waals surface area (Å²) in [5.41, 5.74) is 3.26. The largest absolute Gasteiger partial charge is 0.495 e. The molecule has 1 aliphatic rings. The summed E-state index contributed by atoms with van der Waals surface area (Å²) in [5.74, 6) is 1.60. The zero-order valence-electron chi connectivity index (χ0n) is 21.4. The first kappa shape index (κ1) is 26.4. The third kappa shape index (κ3) is 5.50. The van der Waals surface area contributed by atoms with Crippen LogP contribution in [0, 0.1) is 0 Å². The molecule has 0 spiro atoms. The molecule has 3 aromatic carbocycles. The molecular weight excluding hydrogens is 541 g/mol. The number of allylic oxidation sites excluding steroid dienone is 1. The number of methoxy groups -OCH3 is 2. The fourth-order valence-corrected chi connectivity index (χ4v) is 4.72. The van der Waals surface area contributed by atoms with Gasteiger partial charge in [-0.1, -0.05) is 47.5 Å². The number of fused-ring (bicyclic) bond motifs is 1. The minimum Gasteiger partial charge on any atom is -0.495 e. The van der Waals surface area contributed by atoms with E-state index in [1.54, 1.807) is 16.8 Å². The number of rotatable bonds is 8. The molecule has 0 aliphatic carbocycles. The van der Waals surface area contributed by atoms with Crippen molar-refractivity contribution in [3.05, 3.63) is 99.4 Å². The van der Waals surface area contributed by atoms with Crippen LogP contribution in [0.25, 0.3) is 0 Å². The van der Waals surface area contributed by atoms with Crippen LogP contribution in [-0.4, -0.2) is 34.9 Å². The Morgan fingerprint density at radius 3 is 2.56 bits per heavy atom. The molecule has 0 radical (unpaired) electrons. The number of aromatic nitrogens is 3. The Kier molecular flexibility index (Phi) is 7.63. The van der Waals surface area contributed by atoms with Crippen LogP contribution in [0.5, 0.6) is 17.2 Å². The molecule has 0 bridgehead atoms. The Bertz CT molecular complexity index is 1550. The van der Waals surface area contributed by atoms with E-state index in [0.29, 0.717) is 56.8 Å². The van der Waals surface area contributed by atoms with Gasteiger partial charge in [0.2, 0.25) is 5.95 Å². The number of amides is 1. The minimum atomic E-state index is -0.581. The summed E-state index contributed by atoms with van der Waals surface area (Å²) >= 11 is 12.2. The van der Waals surface area contributed by atoms with Crippen LogP contribution >= 0.6 is 23.2 Å². The normalized spacial score (nSPS) is 14.3. The minimum absolute atomic E-state index is 0.360. The molecule has 2 heterocycles. The van der Waals surface area contributed by atoms with E-state index >= 15 is 0 Å². The number of halogens is 2. The Morgan fingerprint density at radius 1 is 1.05 bits per heavy atom. The van der Waals surface area contributed by atoms with Crippen LogP contribution in [0.15, 0.2) is 78.3 Å². The predicted octanol–water partition coefficient (Wildman–Crippen LogP) is 6.11. The topological polar surface area (TPSA) is 99.5 Å². The van der Waals surface area contributed by atoms with Crippen molar-refractivity contribution in [3.8, 4) is 17.2 Å². The van der Waals surface area contributed by atoms with Crippen molar-refractivity contribution in [2.24, 2.45) is 0 Å². The van der Waals surface area contributed by atoms with Crippen LogP contribution in [0.2, 0.25) is 10.0 Å². The number of carbonyl (C=O) groups is 1. The zero-order valence-corrected chi connectivity index (χ0v) is 22.9. The monoisotopic (exact) mass is 565 g/mol. The molecule has 39 heavy (non-hydrogen) atoms. The van der Waals surface area contributed by atoms with Gasteiger partial charge in [-0.05, 0) is 42.3 Å². The number of nitrogens with one attached hydrogen (secondary N) is 2. The molecule has 1 atom stereocenters. The van der Waals surface area contributed by atoms with Crippen LogP contribution in [-0.2, 0) is 11.4 Å². The number of hydrogen-bond donors (Lipinski definition) is 2. The van der Waals surface area contributed by atoms with Gasteiger partial charge in [0.1, 0.15) is 36.2 Å². The molecule has 200 valence electrons. The number of nitrogens with zero attached hydrogens (tertiary/aromatic N) is 3. The van der Waals surface area contributed by atoms with Gasteiger partial charge in [0.25, 0.3) is 5.91 Å². The van der Waals surface area contributed by atoms with E-state index in [1.165, 1.54) is 20.5 Å². The summed E-state index contributed by atoms with van der Waals surface area (Å²) in [6.07, 6.45) is 1.44. The maximum atomic E-state index is 13.8. The van der Waals surface area contributed by atoms with Gasteiger partial charge in [-0.15, -0.1) is 0 Å². The second kappa shape index (κ2) is 11.3.